The Labute approximate surface area is 151 Å². The molecule has 1 heterocycles. The van der Waals surface area contributed by atoms with Gasteiger partial charge >= 0.3 is 0 Å². The highest BCUT2D eigenvalue weighted by Gasteiger charge is 2.13. The third-order valence-electron chi connectivity index (χ3n) is 3.87. The third-order valence-corrected chi connectivity index (χ3v) is 4.17. The van der Waals surface area contributed by atoms with Crippen molar-refractivity contribution >= 4 is 29.3 Å². The van der Waals surface area contributed by atoms with E-state index in [9.17, 15) is 4.79 Å². The minimum absolute atomic E-state index is 0.278. The molecule has 0 fully saturated rings. The monoisotopic (exact) mass is 359 g/mol. The summed E-state index contributed by atoms with van der Waals surface area (Å²) in [6.07, 6.45) is 4.12. The van der Waals surface area contributed by atoms with Crippen LogP contribution in [0.3, 0.4) is 0 Å². The van der Waals surface area contributed by atoms with Gasteiger partial charge in [-0.15, -0.1) is 0 Å². The SMILES string of the molecule is COc1cc(NC(=O)/C=C/c2ccc3c(c2)CCO3)c(OC)cc1Cl. The number of rotatable bonds is 5. The third kappa shape index (κ3) is 3.88. The van der Waals surface area contributed by atoms with Crippen molar-refractivity contribution in [2.24, 2.45) is 0 Å². The average molecular weight is 360 g/mol. The van der Waals surface area contributed by atoms with Crippen LogP contribution in [-0.2, 0) is 11.2 Å². The number of methoxy groups -OCH3 is 2. The summed E-state index contributed by atoms with van der Waals surface area (Å²) in [6.45, 7) is 0.710. The van der Waals surface area contributed by atoms with Crippen LogP contribution in [0.25, 0.3) is 6.08 Å². The Morgan fingerprint density at radius 2 is 2.00 bits per heavy atom. The van der Waals surface area contributed by atoms with Crippen LogP contribution < -0.4 is 19.5 Å². The molecule has 2 aromatic rings. The molecule has 1 amide bonds. The summed E-state index contributed by atoms with van der Waals surface area (Å²) in [4.78, 5) is 12.2. The van der Waals surface area contributed by atoms with E-state index in [1.54, 1.807) is 18.2 Å². The molecule has 5 nitrogen and oxygen atoms in total. The lowest BCUT2D eigenvalue weighted by molar-refractivity contribution is -0.111. The van der Waals surface area contributed by atoms with Gasteiger partial charge in [0.05, 0.1) is 31.5 Å². The molecule has 0 spiro atoms. The summed E-state index contributed by atoms with van der Waals surface area (Å²) in [7, 11) is 3.02. The van der Waals surface area contributed by atoms with Gasteiger partial charge in [-0.3, -0.25) is 4.79 Å². The topological polar surface area (TPSA) is 56.8 Å². The molecule has 0 aliphatic carbocycles. The summed E-state index contributed by atoms with van der Waals surface area (Å²) in [5.41, 5.74) is 2.59. The van der Waals surface area contributed by atoms with Gasteiger partial charge in [-0.25, -0.2) is 0 Å². The molecule has 0 saturated carbocycles. The van der Waals surface area contributed by atoms with Crippen LogP contribution in [0.15, 0.2) is 36.4 Å². The number of fused-ring (bicyclic) bond motifs is 1. The Morgan fingerprint density at radius 1 is 1.20 bits per heavy atom. The zero-order valence-corrected chi connectivity index (χ0v) is 14.7. The molecule has 130 valence electrons. The van der Waals surface area contributed by atoms with E-state index < -0.39 is 0 Å². The van der Waals surface area contributed by atoms with Crippen molar-refractivity contribution in [3.05, 3.63) is 52.6 Å². The number of ether oxygens (including phenoxy) is 3. The van der Waals surface area contributed by atoms with E-state index in [-0.39, 0.29) is 5.91 Å². The molecule has 3 rings (SSSR count). The lowest BCUT2D eigenvalue weighted by Crippen LogP contribution is -2.09. The molecule has 0 radical (unpaired) electrons. The second-order valence-corrected chi connectivity index (χ2v) is 5.88. The molecular weight excluding hydrogens is 342 g/mol. The van der Waals surface area contributed by atoms with Crippen molar-refractivity contribution in [3.63, 3.8) is 0 Å². The first-order chi connectivity index (χ1) is 12.1. The summed E-state index contributed by atoms with van der Waals surface area (Å²) >= 11 is 6.06. The van der Waals surface area contributed by atoms with Gasteiger partial charge in [-0.1, -0.05) is 17.7 Å². The Bertz CT molecular complexity index is 832. The number of benzene rings is 2. The first-order valence-electron chi connectivity index (χ1n) is 7.77. The molecule has 1 aliphatic rings. The molecule has 2 aromatic carbocycles. The van der Waals surface area contributed by atoms with E-state index >= 15 is 0 Å². The highest BCUT2D eigenvalue weighted by molar-refractivity contribution is 6.32. The molecule has 0 saturated heterocycles. The minimum atomic E-state index is -0.278. The molecule has 0 aromatic heterocycles. The van der Waals surface area contributed by atoms with E-state index in [1.807, 2.05) is 18.2 Å². The fraction of sp³-hybridized carbons (Fsp3) is 0.211. The van der Waals surface area contributed by atoms with Crippen LogP contribution in [0.1, 0.15) is 11.1 Å². The number of carbonyl (C=O) groups is 1. The fourth-order valence-electron chi connectivity index (χ4n) is 2.61. The number of anilines is 1. The molecule has 0 bridgehead atoms. The van der Waals surface area contributed by atoms with Gasteiger partial charge < -0.3 is 19.5 Å². The maximum Gasteiger partial charge on any atom is 0.248 e. The summed E-state index contributed by atoms with van der Waals surface area (Å²) in [5.74, 6) is 1.56. The van der Waals surface area contributed by atoms with Gasteiger partial charge in [0.2, 0.25) is 5.91 Å². The number of hydrogen-bond acceptors (Lipinski definition) is 4. The summed E-state index contributed by atoms with van der Waals surface area (Å²) < 4.78 is 15.9. The molecule has 1 aliphatic heterocycles. The first kappa shape index (κ1) is 17.2. The summed E-state index contributed by atoms with van der Waals surface area (Å²) in [6, 6.07) is 9.09. The van der Waals surface area contributed by atoms with Crippen LogP contribution in [0, 0.1) is 0 Å². The van der Waals surface area contributed by atoms with E-state index in [1.165, 1.54) is 20.3 Å². The van der Waals surface area contributed by atoms with Crippen LogP contribution in [-0.4, -0.2) is 26.7 Å². The molecule has 1 N–H and O–H groups in total. The van der Waals surface area contributed by atoms with Crippen LogP contribution in [0.2, 0.25) is 5.02 Å². The highest BCUT2D eigenvalue weighted by atomic mass is 35.5. The van der Waals surface area contributed by atoms with Gasteiger partial charge in [-0.2, -0.15) is 0 Å². The van der Waals surface area contributed by atoms with Crippen LogP contribution >= 0.6 is 11.6 Å². The van der Waals surface area contributed by atoms with Gasteiger partial charge in [0.15, 0.2) is 0 Å². The van der Waals surface area contributed by atoms with E-state index in [0.29, 0.717) is 28.8 Å². The van der Waals surface area contributed by atoms with Crippen molar-refractivity contribution in [3.8, 4) is 17.2 Å². The lowest BCUT2D eigenvalue weighted by atomic mass is 10.1. The molecule has 0 atom stereocenters. The van der Waals surface area contributed by atoms with Crippen LogP contribution in [0.4, 0.5) is 5.69 Å². The largest absolute Gasteiger partial charge is 0.495 e. The number of carbonyl (C=O) groups excluding carboxylic acids is 1. The van der Waals surface area contributed by atoms with Gasteiger partial charge in [0, 0.05) is 24.6 Å². The van der Waals surface area contributed by atoms with Gasteiger partial charge in [0.1, 0.15) is 17.2 Å². The zero-order chi connectivity index (χ0) is 17.8. The second kappa shape index (κ2) is 7.49. The predicted octanol–water partition coefficient (Wildman–Crippen LogP) is 3.94. The summed E-state index contributed by atoms with van der Waals surface area (Å²) in [5, 5.41) is 3.18. The Kier molecular flexibility index (Phi) is 5.14. The van der Waals surface area contributed by atoms with E-state index in [4.69, 9.17) is 25.8 Å². The normalized spacial score (nSPS) is 12.6. The van der Waals surface area contributed by atoms with Crippen LogP contribution in [0.5, 0.6) is 17.2 Å². The number of nitrogens with one attached hydrogen (secondary N) is 1. The maximum atomic E-state index is 12.2. The van der Waals surface area contributed by atoms with Crippen molar-refractivity contribution in [1.29, 1.82) is 0 Å². The van der Waals surface area contributed by atoms with Crippen molar-refractivity contribution in [2.75, 3.05) is 26.1 Å². The smallest absolute Gasteiger partial charge is 0.248 e. The zero-order valence-electron chi connectivity index (χ0n) is 14.0. The highest BCUT2D eigenvalue weighted by Crippen LogP contribution is 2.35. The molecule has 25 heavy (non-hydrogen) atoms. The Hall–Kier alpha value is -2.66. The Balaban J connectivity index is 1.74. The van der Waals surface area contributed by atoms with Gasteiger partial charge in [0.25, 0.3) is 0 Å². The van der Waals surface area contributed by atoms with Gasteiger partial charge in [-0.05, 0) is 29.3 Å². The van der Waals surface area contributed by atoms with Crippen molar-refractivity contribution in [2.45, 2.75) is 6.42 Å². The second-order valence-electron chi connectivity index (χ2n) is 5.48. The molecular formula is C19H18ClNO4. The maximum absolute atomic E-state index is 12.2. The molecule has 6 heteroatoms. The lowest BCUT2D eigenvalue weighted by Gasteiger charge is -2.12. The number of halogens is 1. The number of amides is 1. The van der Waals surface area contributed by atoms with E-state index in [0.717, 1.165) is 23.3 Å². The number of hydrogen-bond donors (Lipinski definition) is 1. The first-order valence-corrected chi connectivity index (χ1v) is 8.15. The molecule has 0 unspecified atom stereocenters. The standard InChI is InChI=1S/C19H18ClNO4/c1-23-17-11-15(18(24-2)10-14(17)20)21-19(22)6-4-12-3-5-16-13(9-12)7-8-25-16/h3-6,9-11H,7-8H2,1-2H3,(H,21,22)/b6-4+. The van der Waals surface area contributed by atoms with E-state index in [2.05, 4.69) is 5.32 Å². The van der Waals surface area contributed by atoms with Crippen molar-refractivity contribution in [1.82, 2.24) is 0 Å². The van der Waals surface area contributed by atoms with Crippen molar-refractivity contribution < 1.29 is 19.0 Å². The average Bonchev–Trinajstić information content (AvgIpc) is 3.08. The predicted molar refractivity (Wildman–Crippen MR) is 97.9 cm³/mol. The minimum Gasteiger partial charge on any atom is -0.495 e. The quantitative estimate of drug-likeness (QED) is 0.821. The Morgan fingerprint density at radius 3 is 2.76 bits per heavy atom. The fourth-order valence-corrected chi connectivity index (χ4v) is 2.85.